The molecule has 0 unspecified atom stereocenters. The second-order valence-electron chi connectivity index (χ2n) is 4.69. The van der Waals surface area contributed by atoms with E-state index in [0.29, 0.717) is 6.54 Å². The van der Waals surface area contributed by atoms with Crippen LogP contribution in [0.2, 0.25) is 5.15 Å². The van der Waals surface area contributed by atoms with Gasteiger partial charge in [-0.15, -0.1) is 0 Å². The molecule has 9 heteroatoms. The second kappa shape index (κ2) is 6.78. The van der Waals surface area contributed by atoms with Gasteiger partial charge in [0.2, 0.25) is 11.0 Å². The van der Waals surface area contributed by atoms with Gasteiger partial charge in [0, 0.05) is 39.3 Å². The van der Waals surface area contributed by atoms with Crippen molar-refractivity contribution in [2.75, 3.05) is 51.6 Å². The maximum atomic E-state index is 10.9. The summed E-state index contributed by atoms with van der Waals surface area (Å²) < 4.78 is 0. The summed E-state index contributed by atoms with van der Waals surface area (Å²) in [5, 5.41) is 13.7. The molecule has 0 radical (unpaired) electrons. The van der Waals surface area contributed by atoms with Crippen molar-refractivity contribution in [3.05, 3.63) is 21.6 Å². The minimum absolute atomic E-state index is 0.146. The topological polar surface area (TPSA) is 87.4 Å². The molecule has 1 aromatic rings. The fourth-order valence-electron chi connectivity index (χ4n) is 2.05. The summed E-state index contributed by atoms with van der Waals surface area (Å²) in [5.74, 6) is 0.170. The Kier molecular flexibility index (Phi) is 5.05. The Labute approximate surface area is 121 Å². The van der Waals surface area contributed by atoms with E-state index in [9.17, 15) is 10.1 Å². The Bertz CT molecular complexity index is 478. The Morgan fingerprint density at radius 2 is 2.10 bits per heavy atom. The van der Waals surface area contributed by atoms with Gasteiger partial charge in [0.25, 0.3) is 0 Å². The van der Waals surface area contributed by atoms with Crippen molar-refractivity contribution in [3.63, 3.8) is 0 Å². The normalized spacial score (nSPS) is 17.1. The number of rotatable bonds is 5. The second-order valence-corrected chi connectivity index (χ2v) is 5.05. The minimum Gasteiger partial charge on any atom is -0.363 e. The van der Waals surface area contributed by atoms with E-state index in [1.807, 2.05) is 0 Å². The van der Waals surface area contributed by atoms with Crippen molar-refractivity contribution in [3.8, 4) is 0 Å². The van der Waals surface area contributed by atoms with Gasteiger partial charge in [0.15, 0.2) is 0 Å². The van der Waals surface area contributed by atoms with Gasteiger partial charge in [0.05, 0.1) is 4.92 Å². The first-order chi connectivity index (χ1) is 9.58. The zero-order valence-corrected chi connectivity index (χ0v) is 12.0. The summed E-state index contributed by atoms with van der Waals surface area (Å²) in [5.41, 5.74) is -0.271. The number of nitro groups is 1. The molecule has 0 bridgehead atoms. The van der Waals surface area contributed by atoms with Crippen molar-refractivity contribution in [1.29, 1.82) is 0 Å². The Hall–Kier alpha value is -1.51. The third-order valence-corrected chi connectivity index (χ3v) is 3.55. The number of aromatic nitrogens is 2. The van der Waals surface area contributed by atoms with Crippen LogP contribution in [0.25, 0.3) is 0 Å². The van der Waals surface area contributed by atoms with Crippen molar-refractivity contribution in [2.24, 2.45) is 0 Å². The summed E-state index contributed by atoms with van der Waals surface area (Å²) >= 11 is 5.72. The summed E-state index contributed by atoms with van der Waals surface area (Å²) in [4.78, 5) is 22.4. The van der Waals surface area contributed by atoms with Gasteiger partial charge in [0.1, 0.15) is 6.33 Å². The van der Waals surface area contributed by atoms with E-state index >= 15 is 0 Å². The number of nitrogens with one attached hydrogen (secondary N) is 1. The molecule has 1 fully saturated rings. The van der Waals surface area contributed by atoms with E-state index in [0.717, 1.165) is 32.7 Å². The third-order valence-electron chi connectivity index (χ3n) is 3.28. The van der Waals surface area contributed by atoms with Crippen LogP contribution in [0.15, 0.2) is 6.33 Å². The molecule has 0 atom stereocenters. The van der Waals surface area contributed by atoms with Crippen LogP contribution in [-0.2, 0) is 0 Å². The summed E-state index contributed by atoms with van der Waals surface area (Å²) in [6.45, 7) is 5.49. The average molecular weight is 301 g/mol. The van der Waals surface area contributed by atoms with E-state index in [1.54, 1.807) is 0 Å². The molecule has 1 N–H and O–H groups in total. The Morgan fingerprint density at radius 3 is 2.75 bits per heavy atom. The van der Waals surface area contributed by atoms with Crippen molar-refractivity contribution in [2.45, 2.75) is 0 Å². The highest BCUT2D eigenvalue weighted by molar-refractivity contribution is 6.31. The number of likely N-dealkylation sites (N-methyl/N-ethyl adjacent to an activating group) is 1. The van der Waals surface area contributed by atoms with Gasteiger partial charge < -0.3 is 10.2 Å². The first-order valence-corrected chi connectivity index (χ1v) is 6.75. The fraction of sp³-hybridized carbons (Fsp3) is 0.636. The number of piperazine rings is 1. The molecule has 1 aromatic heterocycles. The van der Waals surface area contributed by atoms with Crippen LogP contribution < -0.4 is 5.32 Å². The molecule has 8 nitrogen and oxygen atoms in total. The van der Waals surface area contributed by atoms with Crippen molar-refractivity contribution in [1.82, 2.24) is 19.8 Å². The van der Waals surface area contributed by atoms with Crippen molar-refractivity contribution >= 4 is 23.1 Å². The van der Waals surface area contributed by atoms with Gasteiger partial charge in [-0.05, 0) is 7.05 Å². The zero-order chi connectivity index (χ0) is 14.5. The van der Waals surface area contributed by atoms with E-state index in [2.05, 4.69) is 32.1 Å². The Morgan fingerprint density at radius 1 is 1.40 bits per heavy atom. The number of hydrogen-bond donors (Lipinski definition) is 1. The van der Waals surface area contributed by atoms with Crippen LogP contribution in [0.4, 0.5) is 11.5 Å². The zero-order valence-electron chi connectivity index (χ0n) is 11.3. The summed E-state index contributed by atoms with van der Waals surface area (Å²) in [6, 6.07) is 0. The lowest BCUT2D eigenvalue weighted by molar-refractivity contribution is -0.384. The van der Waals surface area contributed by atoms with E-state index in [1.165, 1.54) is 6.33 Å². The van der Waals surface area contributed by atoms with E-state index < -0.39 is 4.92 Å². The standard InChI is InChI=1S/C11H17ClN6O2/c1-16-4-6-17(7-5-16)3-2-13-11-9(18(19)20)10(12)14-8-15-11/h8H,2-7H2,1H3,(H,13,14,15). The van der Waals surface area contributed by atoms with Gasteiger partial charge >= 0.3 is 5.69 Å². The molecule has 110 valence electrons. The molecule has 1 aliphatic heterocycles. The summed E-state index contributed by atoms with van der Waals surface area (Å²) in [6.07, 6.45) is 1.22. The molecular weight excluding hydrogens is 284 g/mol. The SMILES string of the molecule is CN1CCN(CCNc2ncnc(Cl)c2[N+](=O)[O-])CC1. The van der Waals surface area contributed by atoms with Crippen LogP contribution in [0.3, 0.4) is 0 Å². The first-order valence-electron chi connectivity index (χ1n) is 6.37. The minimum atomic E-state index is -0.569. The lowest BCUT2D eigenvalue weighted by Gasteiger charge is -2.32. The van der Waals surface area contributed by atoms with Gasteiger partial charge in [-0.3, -0.25) is 15.0 Å². The summed E-state index contributed by atoms with van der Waals surface area (Å²) in [7, 11) is 2.10. The molecule has 1 saturated heterocycles. The molecule has 1 aliphatic rings. The number of nitrogens with zero attached hydrogens (tertiary/aromatic N) is 5. The van der Waals surface area contributed by atoms with Gasteiger partial charge in [-0.2, -0.15) is 0 Å². The average Bonchev–Trinajstić information content (AvgIpc) is 2.40. The third kappa shape index (κ3) is 3.75. The quantitative estimate of drug-likeness (QED) is 0.486. The first kappa shape index (κ1) is 14.9. The monoisotopic (exact) mass is 300 g/mol. The lowest BCUT2D eigenvalue weighted by atomic mass is 10.3. The van der Waals surface area contributed by atoms with E-state index in [-0.39, 0.29) is 16.7 Å². The fourth-order valence-corrected chi connectivity index (χ4v) is 2.25. The van der Waals surface area contributed by atoms with Crippen LogP contribution in [0.1, 0.15) is 0 Å². The van der Waals surface area contributed by atoms with Gasteiger partial charge in [-0.1, -0.05) is 11.6 Å². The van der Waals surface area contributed by atoms with Crippen LogP contribution in [-0.4, -0.2) is 71.0 Å². The molecular formula is C11H17ClN6O2. The predicted octanol–water partition coefficient (Wildman–Crippen LogP) is 0.697. The maximum Gasteiger partial charge on any atom is 0.348 e. The molecule has 2 rings (SSSR count). The van der Waals surface area contributed by atoms with Crippen LogP contribution in [0.5, 0.6) is 0 Å². The predicted molar refractivity (Wildman–Crippen MR) is 76.1 cm³/mol. The Balaban J connectivity index is 1.88. The molecule has 0 aromatic carbocycles. The molecule has 20 heavy (non-hydrogen) atoms. The maximum absolute atomic E-state index is 10.9. The molecule has 0 spiro atoms. The van der Waals surface area contributed by atoms with Crippen molar-refractivity contribution < 1.29 is 4.92 Å². The number of halogens is 1. The highest BCUT2D eigenvalue weighted by atomic mass is 35.5. The lowest BCUT2D eigenvalue weighted by Crippen LogP contribution is -2.45. The van der Waals surface area contributed by atoms with Crippen LogP contribution in [0, 0.1) is 10.1 Å². The molecule has 0 aliphatic carbocycles. The molecule has 2 heterocycles. The largest absolute Gasteiger partial charge is 0.363 e. The van der Waals surface area contributed by atoms with E-state index in [4.69, 9.17) is 11.6 Å². The number of hydrogen-bond acceptors (Lipinski definition) is 7. The highest BCUT2D eigenvalue weighted by Gasteiger charge is 2.21. The number of anilines is 1. The molecule has 0 saturated carbocycles. The van der Waals surface area contributed by atoms with Crippen LogP contribution >= 0.6 is 11.6 Å². The smallest absolute Gasteiger partial charge is 0.348 e. The highest BCUT2D eigenvalue weighted by Crippen LogP contribution is 2.27. The van der Waals surface area contributed by atoms with Gasteiger partial charge in [-0.25, -0.2) is 9.97 Å². The molecule has 0 amide bonds.